The van der Waals surface area contributed by atoms with Crippen molar-refractivity contribution in [1.82, 2.24) is 0 Å². The van der Waals surface area contributed by atoms with Crippen molar-refractivity contribution in [1.29, 1.82) is 0 Å². The molecule has 0 unspecified atom stereocenters. The molecule has 2 heterocycles. The number of ether oxygens (including phenoxy) is 3. The van der Waals surface area contributed by atoms with Gasteiger partial charge < -0.3 is 18.6 Å². The van der Waals surface area contributed by atoms with Gasteiger partial charge in [-0.2, -0.15) is 0 Å². The van der Waals surface area contributed by atoms with Crippen LogP contribution in [0.3, 0.4) is 0 Å². The molecule has 0 aliphatic carbocycles. The molecular formula is C14H27IO4Si. The van der Waals surface area contributed by atoms with E-state index in [0.29, 0.717) is 0 Å². The Bertz CT molecular complexity index is 367. The Labute approximate surface area is 137 Å². The number of halogens is 1. The smallest absolute Gasteiger partial charge is 0.192 e. The molecule has 4 atom stereocenters. The van der Waals surface area contributed by atoms with E-state index in [1.807, 2.05) is 13.8 Å². The van der Waals surface area contributed by atoms with Crippen molar-refractivity contribution in [2.45, 2.75) is 83.1 Å². The second-order valence-corrected chi connectivity index (χ2v) is 13.3. The molecule has 2 aliphatic heterocycles. The van der Waals surface area contributed by atoms with Crippen molar-refractivity contribution in [3.63, 3.8) is 0 Å². The predicted molar refractivity (Wildman–Crippen MR) is 89.7 cm³/mol. The molecule has 0 amide bonds. The van der Waals surface area contributed by atoms with Gasteiger partial charge in [0.05, 0.1) is 6.10 Å². The van der Waals surface area contributed by atoms with Crippen LogP contribution in [0.1, 0.15) is 34.6 Å². The molecule has 4 nitrogen and oxygen atoms in total. The zero-order valence-electron chi connectivity index (χ0n) is 13.5. The molecule has 0 radical (unpaired) electrons. The third kappa shape index (κ3) is 3.25. The highest BCUT2D eigenvalue weighted by Crippen LogP contribution is 2.44. The van der Waals surface area contributed by atoms with Gasteiger partial charge in [0.2, 0.25) is 0 Å². The Hall–Kier alpha value is 0.787. The molecule has 118 valence electrons. The fourth-order valence-electron chi connectivity index (χ4n) is 2.33. The van der Waals surface area contributed by atoms with Gasteiger partial charge in [0.1, 0.15) is 12.2 Å². The summed E-state index contributed by atoms with van der Waals surface area (Å²) in [5, 5.41) is 0.176. The maximum absolute atomic E-state index is 6.58. The number of rotatable bonds is 3. The summed E-state index contributed by atoms with van der Waals surface area (Å²) in [6.45, 7) is 15.1. The van der Waals surface area contributed by atoms with Gasteiger partial charge in [-0.15, -0.1) is 0 Å². The van der Waals surface area contributed by atoms with Gasteiger partial charge in [-0.3, -0.25) is 0 Å². The minimum atomic E-state index is -1.85. The Morgan fingerprint density at radius 1 is 1.20 bits per heavy atom. The van der Waals surface area contributed by atoms with Gasteiger partial charge >= 0.3 is 0 Å². The molecule has 2 aliphatic rings. The molecule has 0 N–H and O–H groups in total. The average Bonchev–Trinajstić information content (AvgIpc) is 2.70. The van der Waals surface area contributed by atoms with Gasteiger partial charge in [-0.1, -0.05) is 43.4 Å². The van der Waals surface area contributed by atoms with Gasteiger partial charge in [0.15, 0.2) is 20.4 Å². The first kappa shape index (κ1) is 17.1. The van der Waals surface area contributed by atoms with Crippen molar-refractivity contribution >= 4 is 30.9 Å². The fourth-order valence-corrected chi connectivity index (χ4v) is 4.36. The molecule has 0 bridgehead atoms. The van der Waals surface area contributed by atoms with Crippen LogP contribution in [0, 0.1) is 0 Å². The standard InChI is InChI=1S/C14H27IO4Si/c1-13(2,3)20(6,7)19-10-9(8-15)16-12-11(10)17-14(4,5)18-12/h9-12H,8H2,1-7H3/t9-,10+,11-,12-/m1/s1. The van der Waals surface area contributed by atoms with Crippen molar-refractivity contribution in [2.24, 2.45) is 0 Å². The Kier molecular flexibility index (Phi) is 4.67. The quantitative estimate of drug-likeness (QED) is 0.401. The second kappa shape index (κ2) is 5.45. The lowest BCUT2D eigenvalue weighted by molar-refractivity contribution is -0.210. The van der Waals surface area contributed by atoms with Gasteiger partial charge in [0, 0.05) is 4.43 Å². The fraction of sp³-hybridized carbons (Fsp3) is 1.00. The summed E-state index contributed by atoms with van der Waals surface area (Å²) in [4.78, 5) is 0. The van der Waals surface area contributed by atoms with Crippen LogP contribution in [-0.4, -0.2) is 43.1 Å². The molecule has 2 saturated heterocycles. The molecule has 0 aromatic carbocycles. The van der Waals surface area contributed by atoms with Crippen LogP contribution >= 0.6 is 22.6 Å². The van der Waals surface area contributed by atoms with Crippen LogP contribution in [0.5, 0.6) is 0 Å². The van der Waals surface area contributed by atoms with E-state index in [1.54, 1.807) is 0 Å². The molecule has 20 heavy (non-hydrogen) atoms. The number of alkyl halides is 1. The SMILES string of the molecule is CC1(C)O[C@H]2O[C@H](CI)[C@H](O[Si](C)(C)C(C)(C)C)[C@H]2O1. The molecule has 2 fully saturated rings. The van der Waals surface area contributed by atoms with E-state index in [9.17, 15) is 0 Å². The zero-order valence-corrected chi connectivity index (χ0v) is 16.7. The summed E-state index contributed by atoms with van der Waals surface area (Å²) in [5.74, 6) is -0.583. The lowest BCUT2D eigenvalue weighted by Crippen LogP contribution is -2.50. The summed E-state index contributed by atoms with van der Waals surface area (Å²) in [7, 11) is -1.85. The van der Waals surface area contributed by atoms with Crippen LogP contribution in [-0.2, 0) is 18.6 Å². The summed E-state index contributed by atoms with van der Waals surface area (Å²) in [6.07, 6.45) is -0.381. The molecule has 0 saturated carbocycles. The number of hydrogen-bond donors (Lipinski definition) is 0. The van der Waals surface area contributed by atoms with Crippen LogP contribution < -0.4 is 0 Å². The molecule has 0 aromatic rings. The molecule has 0 spiro atoms. The molecular weight excluding hydrogens is 387 g/mol. The second-order valence-electron chi connectivity index (χ2n) is 7.64. The highest BCUT2D eigenvalue weighted by molar-refractivity contribution is 14.1. The summed E-state index contributed by atoms with van der Waals surface area (Å²) in [6, 6.07) is 0. The molecule has 0 aromatic heterocycles. The van der Waals surface area contributed by atoms with Gasteiger partial charge in [-0.25, -0.2) is 0 Å². The first-order valence-electron chi connectivity index (χ1n) is 7.22. The van der Waals surface area contributed by atoms with Gasteiger partial charge in [0.25, 0.3) is 0 Å². The first-order chi connectivity index (χ1) is 8.97. The van der Waals surface area contributed by atoms with E-state index in [4.69, 9.17) is 18.6 Å². The van der Waals surface area contributed by atoms with E-state index < -0.39 is 14.1 Å². The predicted octanol–water partition coefficient (Wildman–Crippen LogP) is 3.69. The molecule has 2 rings (SSSR count). The summed E-state index contributed by atoms with van der Waals surface area (Å²) < 4.78 is 25.3. The van der Waals surface area contributed by atoms with E-state index in [1.165, 1.54) is 0 Å². The lowest BCUT2D eigenvalue weighted by atomic mass is 10.2. The minimum Gasteiger partial charge on any atom is -0.408 e. The maximum atomic E-state index is 6.58. The Morgan fingerprint density at radius 2 is 1.80 bits per heavy atom. The van der Waals surface area contributed by atoms with Crippen molar-refractivity contribution < 1.29 is 18.6 Å². The van der Waals surface area contributed by atoms with E-state index >= 15 is 0 Å². The maximum Gasteiger partial charge on any atom is 0.192 e. The van der Waals surface area contributed by atoms with E-state index in [0.717, 1.165) is 4.43 Å². The Balaban J connectivity index is 2.16. The minimum absolute atomic E-state index is 0.0282. The van der Waals surface area contributed by atoms with E-state index in [2.05, 4.69) is 56.5 Å². The van der Waals surface area contributed by atoms with Gasteiger partial charge in [-0.05, 0) is 32.0 Å². The van der Waals surface area contributed by atoms with Crippen LogP contribution in [0.2, 0.25) is 18.1 Å². The third-order valence-electron chi connectivity index (χ3n) is 4.48. The van der Waals surface area contributed by atoms with Crippen molar-refractivity contribution in [2.75, 3.05) is 4.43 Å². The van der Waals surface area contributed by atoms with Crippen LogP contribution in [0.15, 0.2) is 0 Å². The van der Waals surface area contributed by atoms with Crippen LogP contribution in [0.25, 0.3) is 0 Å². The monoisotopic (exact) mass is 414 g/mol. The Morgan fingerprint density at radius 3 is 2.30 bits per heavy atom. The number of hydrogen-bond acceptors (Lipinski definition) is 4. The van der Waals surface area contributed by atoms with E-state index in [-0.39, 0.29) is 29.6 Å². The summed E-state index contributed by atoms with van der Waals surface area (Å²) in [5.41, 5.74) is 0. The van der Waals surface area contributed by atoms with Crippen molar-refractivity contribution in [3.8, 4) is 0 Å². The third-order valence-corrected chi connectivity index (χ3v) is 9.82. The normalized spacial score (nSPS) is 37.2. The molecule has 6 heteroatoms. The average molecular weight is 414 g/mol. The van der Waals surface area contributed by atoms with Crippen molar-refractivity contribution in [3.05, 3.63) is 0 Å². The van der Waals surface area contributed by atoms with Crippen LogP contribution in [0.4, 0.5) is 0 Å². The first-order valence-corrected chi connectivity index (χ1v) is 11.7. The topological polar surface area (TPSA) is 36.9 Å². The highest BCUT2D eigenvalue weighted by atomic mass is 127. The number of fused-ring (bicyclic) bond motifs is 1. The summed E-state index contributed by atoms with van der Waals surface area (Å²) >= 11 is 2.35. The highest BCUT2D eigenvalue weighted by Gasteiger charge is 2.57. The largest absolute Gasteiger partial charge is 0.408 e. The zero-order chi connectivity index (χ0) is 15.3. The lowest BCUT2D eigenvalue weighted by Gasteiger charge is -2.40.